The number of nitrogens with two attached hydrogens (primary N) is 1. The minimum atomic E-state index is -0.108. The van der Waals surface area contributed by atoms with E-state index in [1.165, 1.54) is 12.8 Å². The van der Waals surface area contributed by atoms with Gasteiger partial charge in [-0.3, -0.25) is 4.79 Å². The van der Waals surface area contributed by atoms with Crippen molar-refractivity contribution in [1.29, 1.82) is 0 Å². The number of hydrogen-bond acceptors (Lipinski definition) is 3. The molecule has 102 valence electrons. The summed E-state index contributed by atoms with van der Waals surface area (Å²) in [7, 11) is 0. The van der Waals surface area contributed by atoms with Crippen LogP contribution in [-0.2, 0) is 9.53 Å². The smallest absolute Gasteiger partial charge is 0.220 e. The minimum absolute atomic E-state index is 0. The van der Waals surface area contributed by atoms with Gasteiger partial charge in [0.2, 0.25) is 5.91 Å². The van der Waals surface area contributed by atoms with Crippen molar-refractivity contribution in [3.63, 3.8) is 0 Å². The van der Waals surface area contributed by atoms with E-state index in [1.807, 2.05) is 6.92 Å². The maximum atomic E-state index is 11.7. The van der Waals surface area contributed by atoms with Gasteiger partial charge in [0.25, 0.3) is 0 Å². The molecule has 0 saturated heterocycles. The Morgan fingerprint density at radius 2 is 2.06 bits per heavy atom. The van der Waals surface area contributed by atoms with E-state index < -0.39 is 0 Å². The molecule has 0 aromatic rings. The molecule has 1 aliphatic rings. The summed E-state index contributed by atoms with van der Waals surface area (Å²) >= 11 is 0. The lowest BCUT2D eigenvalue weighted by Crippen LogP contribution is -2.51. The Kier molecular flexibility index (Phi) is 8.56. The zero-order valence-corrected chi connectivity index (χ0v) is 11.5. The van der Waals surface area contributed by atoms with Crippen LogP contribution in [0.25, 0.3) is 0 Å². The summed E-state index contributed by atoms with van der Waals surface area (Å²) in [5.41, 5.74) is 5.65. The maximum Gasteiger partial charge on any atom is 0.220 e. The Balaban J connectivity index is 0.00000256. The van der Waals surface area contributed by atoms with Gasteiger partial charge >= 0.3 is 0 Å². The van der Waals surface area contributed by atoms with Crippen molar-refractivity contribution >= 4 is 18.3 Å². The summed E-state index contributed by atoms with van der Waals surface area (Å²) < 4.78 is 5.20. The van der Waals surface area contributed by atoms with E-state index in [0.29, 0.717) is 26.2 Å². The second kappa shape index (κ2) is 8.72. The topological polar surface area (TPSA) is 64.3 Å². The van der Waals surface area contributed by atoms with Crippen molar-refractivity contribution in [2.75, 3.05) is 19.8 Å². The molecule has 0 bridgehead atoms. The lowest BCUT2D eigenvalue weighted by Gasteiger charge is -2.28. The quantitative estimate of drug-likeness (QED) is 0.687. The van der Waals surface area contributed by atoms with Crippen LogP contribution in [0.1, 0.15) is 45.4 Å². The average molecular weight is 265 g/mol. The zero-order chi connectivity index (χ0) is 11.9. The highest BCUT2D eigenvalue weighted by Gasteiger charge is 2.33. The van der Waals surface area contributed by atoms with Gasteiger partial charge in [0.05, 0.1) is 5.54 Å². The second-order valence-electron chi connectivity index (χ2n) is 4.54. The van der Waals surface area contributed by atoms with E-state index in [0.717, 1.165) is 19.3 Å². The fourth-order valence-electron chi connectivity index (χ4n) is 2.27. The Bertz CT molecular complexity index is 219. The number of halogens is 1. The lowest BCUT2D eigenvalue weighted by atomic mass is 9.97. The molecule has 0 spiro atoms. The standard InChI is InChI=1S/C12H24N2O2.ClH/c1-2-16-9-5-6-11(15)14-12(10-13)7-3-4-8-12;/h2-10,13H2,1H3,(H,14,15);1H. The third kappa shape index (κ3) is 5.70. The molecule has 1 fully saturated rings. The highest BCUT2D eigenvalue weighted by atomic mass is 35.5. The van der Waals surface area contributed by atoms with Crippen LogP contribution in [0.2, 0.25) is 0 Å². The highest BCUT2D eigenvalue weighted by molar-refractivity contribution is 5.85. The van der Waals surface area contributed by atoms with Crippen LogP contribution in [0, 0.1) is 0 Å². The summed E-state index contributed by atoms with van der Waals surface area (Å²) in [6, 6.07) is 0. The van der Waals surface area contributed by atoms with Crippen molar-refractivity contribution in [1.82, 2.24) is 5.32 Å². The number of nitrogens with one attached hydrogen (secondary N) is 1. The molecule has 1 aliphatic carbocycles. The molecule has 0 aliphatic heterocycles. The highest BCUT2D eigenvalue weighted by Crippen LogP contribution is 2.28. The van der Waals surface area contributed by atoms with Crippen LogP contribution in [0.15, 0.2) is 0 Å². The Hall–Kier alpha value is -0.320. The molecule has 0 heterocycles. The number of hydrogen-bond donors (Lipinski definition) is 2. The Morgan fingerprint density at radius 1 is 1.41 bits per heavy atom. The van der Waals surface area contributed by atoms with Crippen LogP contribution in [0.3, 0.4) is 0 Å². The van der Waals surface area contributed by atoms with Gasteiger partial charge < -0.3 is 15.8 Å². The monoisotopic (exact) mass is 264 g/mol. The van der Waals surface area contributed by atoms with Gasteiger partial charge in [-0.25, -0.2) is 0 Å². The van der Waals surface area contributed by atoms with Gasteiger partial charge in [0.1, 0.15) is 0 Å². The summed E-state index contributed by atoms with van der Waals surface area (Å²) in [5, 5.41) is 3.10. The third-order valence-electron chi connectivity index (χ3n) is 3.25. The minimum Gasteiger partial charge on any atom is -0.382 e. The van der Waals surface area contributed by atoms with E-state index in [1.54, 1.807) is 0 Å². The molecular weight excluding hydrogens is 240 g/mol. The SMILES string of the molecule is CCOCCCC(=O)NC1(CN)CCCC1.Cl. The molecule has 0 aromatic heterocycles. The van der Waals surface area contributed by atoms with E-state index in [2.05, 4.69) is 5.32 Å². The van der Waals surface area contributed by atoms with Crippen molar-refractivity contribution < 1.29 is 9.53 Å². The molecule has 5 heteroatoms. The molecule has 1 rings (SSSR count). The fourth-order valence-corrected chi connectivity index (χ4v) is 2.27. The predicted molar refractivity (Wildman–Crippen MR) is 71.4 cm³/mol. The average Bonchev–Trinajstić information content (AvgIpc) is 2.74. The summed E-state index contributed by atoms with van der Waals surface area (Å²) in [5.74, 6) is 0.118. The molecule has 17 heavy (non-hydrogen) atoms. The Morgan fingerprint density at radius 3 is 2.59 bits per heavy atom. The van der Waals surface area contributed by atoms with Crippen LogP contribution in [-0.4, -0.2) is 31.2 Å². The molecule has 0 aromatic carbocycles. The van der Waals surface area contributed by atoms with E-state index in [-0.39, 0.29) is 23.9 Å². The molecule has 0 atom stereocenters. The summed E-state index contributed by atoms with van der Waals surface area (Å²) in [4.78, 5) is 11.7. The summed E-state index contributed by atoms with van der Waals surface area (Å²) in [6.45, 7) is 3.90. The van der Waals surface area contributed by atoms with Crippen molar-refractivity contribution in [2.24, 2.45) is 5.73 Å². The van der Waals surface area contributed by atoms with Crippen LogP contribution >= 0.6 is 12.4 Å². The zero-order valence-electron chi connectivity index (χ0n) is 10.7. The molecule has 1 saturated carbocycles. The molecule has 1 amide bonds. The molecule has 0 unspecified atom stereocenters. The lowest BCUT2D eigenvalue weighted by molar-refractivity contribution is -0.123. The van der Waals surface area contributed by atoms with Gasteiger partial charge in [-0.2, -0.15) is 0 Å². The fraction of sp³-hybridized carbons (Fsp3) is 0.917. The van der Waals surface area contributed by atoms with E-state index >= 15 is 0 Å². The molecule has 0 radical (unpaired) electrons. The van der Waals surface area contributed by atoms with Gasteiger partial charge in [0.15, 0.2) is 0 Å². The Labute approximate surface area is 110 Å². The van der Waals surface area contributed by atoms with Crippen molar-refractivity contribution in [2.45, 2.75) is 51.0 Å². The van der Waals surface area contributed by atoms with E-state index in [9.17, 15) is 4.79 Å². The molecule has 3 N–H and O–H groups in total. The maximum absolute atomic E-state index is 11.7. The number of rotatable bonds is 7. The van der Waals surface area contributed by atoms with Gasteiger partial charge in [-0.1, -0.05) is 12.8 Å². The van der Waals surface area contributed by atoms with Crippen LogP contribution in [0.5, 0.6) is 0 Å². The van der Waals surface area contributed by atoms with Gasteiger partial charge in [-0.15, -0.1) is 12.4 Å². The largest absolute Gasteiger partial charge is 0.382 e. The first-order valence-electron chi connectivity index (χ1n) is 6.31. The van der Waals surface area contributed by atoms with Gasteiger partial charge in [-0.05, 0) is 26.2 Å². The number of carbonyl (C=O) groups is 1. The van der Waals surface area contributed by atoms with Crippen LogP contribution < -0.4 is 11.1 Å². The number of ether oxygens (including phenoxy) is 1. The van der Waals surface area contributed by atoms with Crippen molar-refractivity contribution in [3.8, 4) is 0 Å². The normalized spacial score (nSPS) is 17.5. The number of amides is 1. The molecule has 4 nitrogen and oxygen atoms in total. The second-order valence-corrected chi connectivity index (χ2v) is 4.54. The first kappa shape index (κ1) is 16.7. The first-order valence-corrected chi connectivity index (χ1v) is 6.31. The molecular formula is C12H25ClN2O2. The van der Waals surface area contributed by atoms with Gasteiger partial charge in [0, 0.05) is 26.2 Å². The number of carbonyl (C=O) groups excluding carboxylic acids is 1. The third-order valence-corrected chi connectivity index (χ3v) is 3.25. The summed E-state index contributed by atoms with van der Waals surface area (Å²) in [6.07, 6.45) is 5.75. The first-order chi connectivity index (χ1) is 7.72. The van der Waals surface area contributed by atoms with E-state index in [4.69, 9.17) is 10.5 Å². The van der Waals surface area contributed by atoms with Crippen molar-refractivity contribution in [3.05, 3.63) is 0 Å². The van der Waals surface area contributed by atoms with Crippen LogP contribution in [0.4, 0.5) is 0 Å². The predicted octanol–water partition coefficient (Wildman–Crippen LogP) is 1.61.